The molecule has 0 amide bonds. The molecule has 146 valence electrons. The Morgan fingerprint density at radius 3 is 2.68 bits per heavy atom. The molecule has 0 saturated heterocycles. The summed E-state index contributed by atoms with van der Waals surface area (Å²) in [5, 5.41) is 31.9. The molecule has 0 spiro atoms. The number of nitrogens with zero attached hydrogens (tertiary/aromatic N) is 4. The van der Waals surface area contributed by atoms with E-state index in [1.165, 1.54) is 12.8 Å². The number of hydrogen-bond acceptors (Lipinski definition) is 7. The molecule has 3 heterocycles. The maximum absolute atomic E-state index is 10.8. The first-order valence-corrected chi connectivity index (χ1v) is 10.0. The summed E-state index contributed by atoms with van der Waals surface area (Å²) >= 11 is 0. The minimum Gasteiger partial charge on any atom is -0.390 e. The number of hydrogen-bond donors (Lipinski definition) is 5. The maximum Gasteiger partial charge on any atom is 0.225 e. The predicted molar refractivity (Wildman–Crippen MR) is 104 cm³/mol. The second-order valence-corrected chi connectivity index (χ2v) is 8.95. The molecule has 28 heavy (non-hydrogen) atoms. The molecule has 9 nitrogen and oxygen atoms in total. The van der Waals surface area contributed by atoms with Gasteiger partial charge in [-0.3, -0.25) is 10.2 Å². The zero-order valence-corrected chi connectivity index (χ0v) is 15.7. The Morgan fingerprint density at radius 2 is 1.96 bits per heavy atom. The van der Waals surface area contributed by atoms with E-state index in [2.05, 4.69) is 36.0 Å². The molecule has 4 bridgehead atoms. The van der Waals surface area contributed by atoms with E-state index in [4.69, 9.17) is 4.98 Å². The van der Waals surface area contributed by atoms with Gasteiger partial charge in [-0.25, -0.2) is 4.98 Å². The molecular weight excluding hydrogens is 356 g/mol. The summed E-state index contributed by atoms with van der Waals surface area (Å²) in [6.45, 7) is 1.96. The fourth-order valence-electron chi connectivity index (χ4n) is 5.96. The molecule has 0 radical (unpaired) electrons. The third-order valence-electron chi connectivity index (χ3n) is 6.79. The Kier molecular flexibility index (Phi) is 3.30. The summed E-state index contributed by atoms with van der Waals surface area (Å²) in [4.78, 5) is 9.39. The molecule has 4 aliphatic carbocycles. The van der Waals surface area contributed by atoms with Gasteiger partial charge in [-0.2, -0.15) is 15.2 Å². The minimum absolute atomic E-state index is 0.321. The molecule has 4 saturated carbocycles. The highest BCUT2D eigenvalue weighted by Crippen LogP contribution is 2.56. The van der Waals surface area contributed by atoms with Crippen LogP contribution in [-0.4, -0.2) is 47.1 Å². The van der Waals surface area contributed by atoms with Crippen molar-refractivity contribution < 1.29 is 5.11 Å². The highest BCUT2D eigenvalue weighted by molar-refractivity contribution is 5.87. The highest BCUT2D eigenvalue weighted by Gasteiger charge is 2.54. The molecule has 2 atom stereocenters. The Balaban J connectivity index is 1.31. The Morgan fingerprint density at radius 1 is 1.14 bits per heavy atom. The molecule has 0 aliphatic heterocycles. The van der Waals surface area contributed by atoms with Crippen LogP contribution >= 0.6 is 0 Å². The van der Waals surface area contributed by atoms with Gasteiger partial charge in [-0.05, 0) is 56.8 Å². The second-order valence-electron chi connectivity index (χ2n) is 8.95. The van der Waals surface area contributed by atoms with Gasteiger partial charge in [0.1, 0.15) is 11.0 Å². The molecule has 4 fully saturated rings. The molecule has 7 rings (SSSR count). The zero-order valence-electron chi connectivity index (χ0n) is 15.7. The zero-order chi connectivity index (χ0) is 18.9. The number of aryl methyl sites for hydroxylation is 1. The topological polar surface area (TPSA) is 127 Å². The van der Waals surface area contributed by atoms with Crippen molar-refractivity contribution in [3.05, 3.63) is 18.0 Å². The SMILES string of the molecule is Cc1cc(Nc2nc(NC3C4CC5CC3CC(O)(C5)C4)nc3cn[nH]c23)n[nH]1. The van der Waals surface area contributed by atoms with E-state index in [9.17, 15) is 5.11 Å². The largest absolute Gasteiger partial charge is 0.390 e. The fourth-order valence-corrected chi connectivity index (χ4v) is 5.96. The highest BCUT2D eigenvalue weighted by atomic mass is 16.3. The van der Waals surface area contributed by atoms with Gasteiger partial charge in [0.2, 0.25) is 5.95 Å². The maximum atomic E-state index is 10.8. The molecule has 2 unspecified atom stereocenters. The number of aliphatic hydroxyl groups is 1. The van der Waals surface area contributed by atoms with Crippen LogP contribution < -0.4 is 10.6 Å². The van der Waals surface area contributed by atoms with Crippen LogP contribution in [-0.2, 0) is 0 Å². The van der Waals surface area contributed by atoms with E-state index in [0.29, 0.717) is 41.4 Å². The lowest BCUT2D eigenvalue weighted by atomic mass is 9.52. The first kappa shape index (κ1) is 16.3. The average Bonchev–Trinajstić information content (AvgIpc) is 3.25. The van der Waals surface area contributed by atoms with Gasteiger partial charge in [0.05, 0.1) is 11.8 Å². The van der Waals surface area contributed by atoms with Crippen molar-refractivity contribution in [1.82, 2.24) is 30.4 Å². The van der Waals surface area contributed by atoms with Gasteiger partial charge in [0.25, 0.3) is 0 Å². The lowest BCUT2D eigenvalue weighted by molar-refractivity contribution is -0.129. The van der Waals surface area contributed by atoms with Gasteiger partial charge < -0.3 is 15.7 Å². The number of aromatic nitrogens is 6. The second kappa shape index (κ2) is 5.66. The summed E-state index contributed by atoms with van der Waals surface area (Å²) in [5.74, 6) is 3.62. The van der Waals surface area contributed by atoms with E-state index in [-0.39, 0.29) is 0 Å². The smallest absolute Gasteiger partial charge is 0.225 e. The van der Waals surface area contributed by atoms with Crippen molar-refractivity contribution in [3.8, 4) is 0 Å². The van der Waals surface area contributed by atoms with Crippen molar-refractivity contribution in [2.75, 3.05) is 10.6 Å². The van der Waals surface area contributed by atoms with E-state index >= 15 is 0 Å². The number of anilines is 3. The third-order valence-corrected chi connectivity index (χ3v) is 6.79. The minimum atomic E-state index is -0.436. The van der Waals surface area contributed by atoms with E-state index in [1.54, 1.807) is 6.20 Å². The number of fused-ring (bicyclic) bond motifs is 1. The summed E-state index contributed by atoms with van der Waals surface area (Å²) < 4.78 is 0. The van der Waals surface area contributed by atoms with Gasteiger partial charge >= 0.3 is 0 Å². The predicted octanol–water partition coefficient (Wildman–Crippen LogP) is 2.48. The Bertz CT molecular complexity index is 1030. The van der Waals surface area contributed by atoms with Gasteiger partial charge in [0, 0.05) is 17.8 Å². The van der Waals surface area contributed by atoms with Crippen LogP contribution in [0.15, 0.2) is 12.3 Å². The first-order valence-electron chi connectivity index (χ1n) is 10.0. The van der Waals surface area contributed by atoms with Crippen LogP contribution in [0.4, 0.5) is 17.6 Å². The van der Waals surface area contributed by atoms with E-state index in [0.717, 1.165) is 36.0 Å². The first-order chi connectivity index (χ1) is 13.5. The van der Waals surface area contributed by atoms with Gasteiger partial charge in [-0.15, -0.1) is 0 Å². The molecule has 3 aromatic rings. The van der Waals surface area contributed by atoms with Crippen molar-refractivity contribution in [2.24, 2.45) is 17.8 Å². The van der Waals surface area contributed by atoms with Crippen molar-refractivity contribution in [2.45, 2.75) is 50.7 Å². The van der Waals surface area contributed by atoms with Gasteiger partial charge in [0.15, 0.2) is 11.6 Å². The third kappa shape index (κ3) is 2.56. The summed E-state index contributed by atoms with van der Waals surface area (Å²) in [5.41, 5.74) is 2.05. The van der Waals surface area contributed by atoms with E-state index in [1.807, 2.05) is 13.0 Å². The summed E-state index contributed by atoms with van der Waals surface area (Å²) in [7, 11) is 0. The van der Waals surface area contributed by atoms with Crippen molar-refractivity contribution >= 4 is 28.6 Å². The number of nitrogens with one attached hydrogen (secondary N) is 4. The van der Waals surface area contributed by atoms with Crippen LogP contribution in [0.5, 0.6) is 0 Å². The molecule has 0 aromatic carbocycles. The lowest BCUT2D eigenvalue weighted by Crippen LogP contribution is -2.59. The molecule has 5 N–H and O–H groups in total. The van der Waals surface area contributed by atoms with Crippen LogP contribution in [0.25, 0.3) is 11.0 Å². The van der Waals surface area contributed by atoms with E-state index < -0.39 is 5.60 Å². The van der Waals surface area contributed by atoms with Crippen LogP contribution in [0.2, 0.25) is 0 Å². The van der Waals surface area contributed by atoms with Gasteiger partial charge in [-0.1, -0.05) is 0 Å². The standard InChI is InChI=1S/C19H24N8O/c1-9-2-14(26-25-9)22-17-16-13(8-20-27-16)21-18(24-17)23-15-11-3-10-4-12(15)7-19(28,5-10)6-11/h2,8,10-12,15,28H,3-7H2,1H3,(H,20,27)(H3,21,22,23,24,25,26). The average molecular weight is 380 g/mol. The Labute approximate surface area is 161 Å². The fraction of sp³-hybridized carbons (Fsp3) is 0.579. The van der Waals surface area contributed by atoms with Crippen molar-refractivity contribution in [3.63, 3.8) is 0 Å². The van der Waals surface area contributed by atoms with Crippen LogP contribution in [0.1, 0.15) is 37.8 Å². The number of aromatic amines is 2. The van der Waals surface area contributed by atoms with Crippen molar-refractivity contribution in [1.29, 1.82) is 0 Å². The van der Waals surface area contributed by atoms with Crippen LogP contribution in [0.3, 0.4) is 0 Å². The number of rotatable bonds is 4. The lowest BCUT2D eigenvalue weighted by Gasteiger charge is -2.58. The molecular formula is C19H24N8O. The molecule has 9 heteroatoms. The normalized spacial score (nSPS) is 33.5. The summed E-state index contributed by atoms with van der Waals surface area (Å²) in [6.07, 6.45) is 6.88. The Hall–Kier alpha value is -2.68. The van der Waals surface area contributed by atoms with Crippen LogP contribution in [0, 0.1) is 24.7 Å². The summed E-state index contributed by atoms with van der Waals surface area (Å²) in [6, 6.07) is 2.25. The number of H-pyrrole nitrogens is 2. The molecule has 4 aliphatic rings. The monoisotopic (exact) mass is 380 g/mol. The molecule has 3 aromatic heterocycles. The quantitative estimate of drug-likeness (QED) is 0.470.